The number of nitrogens with one attached hydrogen (secondary N) is 3. The Balaban J connectivity index is 1.49. The molecule has 0 bridgehead atoms. The van der Waals surface area contributed by atoms with E-state index in [1.807, 2.05) is 43.3 Å². The van der Waals surface area contributed by atoms with Crippen molar-refractivity contribution in [2.75, 3.05) is 16.0 Å². The average molecular weight is 346 g/mol. The molecule has 0 saturated heterocycles. The molecule has 4 rings (SSSR count). The van der Waals surface area contributed by atoms with Crippen molar-refractivity contribution in [1.82, 2.24) is 15.0 Å². The number of aryl methyl sites for hydroxylation is 1. The van der Waals surface area contributed by atoms with E-state index in [0.717, 1.165) is 34.0 Å². The molecule has 0 unspecified atom stereocenters. The monoisotopic (exact) mass is 346 g/mol. The van der Waals surface area contributed by atoms with Crippen LogP contribution in [0.25, 0.3) is 0 Å². The number of aromatic nitrogens is 3. The molecule has 0 fully saturated rings. The van der Waals surface area contributed by atoms with Crippen molar-refractivity contribution in [2.45, 2.75) is 19.9 Å². The molecule has 3 N–H and O–H groups in total. The maximum absolute atomic E-state index is 11.5. The zero-order valence-electron chi connectivity index (χ0n) is 14.3. The SMILES string of the molecule is Cc1cnc(Nc2ccc3c(c2)CC(=O)N3)nc1NCc1ccccn1. The minimum Gasteiger partial charge on any atom is -0.364 e. The predicted molar refractivity (Wildman–Crippen MR) is 100 cm³/mol. The quantitative estimate of drug-likeness (QED) is 0.658. The largest absolute Gasteiger partial charge is 0.364 e. The van der Waals surface area contributed by atoms with Gasteiger partial charge in [-0.1, -0.05) is 6.07 Å². The summed E-state index contributed by atoms with van der Waals surface area (Å²) in [5, 5.41) is 9.32. The lowest BCUT2D eigenvalue weighted by Gasteiger charge is -2.11. The molecule has 1 amide bonds. The molecule has 3 aromatic rings. The average Bonchev–Trinajstić information content (AvgIpc) is 3.02. The normalized spacial score (nSPS) is 12.4. The van der Waals surface area contributed by atoms with Crippen molar-refractivity contribution < 1.29 is 4.79 Å². The van der Waals surface area contributed by atoms with E-state index < -0.39 is 0 Å². The minimum atomic E-state index is 0.0183. The number of hydrogen-bond acceptors (Lipinski definition) is 6. The molecule has 26 heavy (non-hydrogen) atoms. The molecule has 0 spiro atoms. The van der Waals surface area contributed by atoms with Crippen molar-refractivity contribution in [2.24, 2.45) is 0 Å². The van der Waals surface area contributed by atoms with E-state index in [4.69, 9.17) is 0 Å². The summed E-state index contributed by atoms with van der Waals surface area (Å²) in [6.07, 6.45) is 3.94. The minimum absolute atomic E-state index is 0.0183. The summed E-state index contributed by atoms with van der Waals surface area (Å²) in [6, 6.07) is 11.5. The predicted octanol–water partition coefficient (Wildman–Crippen LogP) is 3.03. The number of hydrogen-bond donors (Lipinski definition) is 3. The highest BCUT2D eigenvalue weighted by Crippen LogP contribution is 2.27. The van der Waals surface area contributed by atoms with Crippen LogP contribution in [0.5, 0.6) is 0 Å². The third-order valence-electron chi connectivity index (χ3n) is 4.12. The van der Waals surface area contributed by atoms with Crippen LogP contribution in [0.15, 0.2) is 48.8 Å². The van der Waals surface area contributed by atoms with Crippen LogP contribution in [0.3, 0.4) is 0 Å². The number of amides is 1. The number of rotatable bonds is 5. The second-order valence-corrected chi connectivity index (χ2v) is 6.12. The molecule has 2 aromatic heterocycles. The zero-order chi connectivity index (χ0) is 17.9. The van der Waals surface area contributed by atoms with Crippen molar-refractivity contribution in [3.63, 3.8) is 0 Å². The van der Waals surface area contributed by atoms with Crippen LogP contribution < -0.4 is 16.0 Å². The van der Waals surface area contributed by atoms with E-state index >= 15 is 0 Å². The van der Waals surface area contributed by atoms with Gasteiger partial charge in [-0.15, -0.1) is 0 Å². The second kappa shape index (κ2) is 6.79. The second-order valence-electron chi connectivity index (χ2n) is 6.12. The molecular formula is C19H18N6O. The van der Waals surface area contributed by atoms with Gasteiger partial charge in [0.2, 0.25) is 11.9 Å². The topological polar surface area (TPSA) is 91.8 Å². The first-order valence-electron chi connectivity index (χ1n) is 8.34. The number of nitrogens with zero attached hydrogens (tertiary/aromatic N) is 3. The molecule has 1 aliphatic rings. The van der Waals surface area contributed by atoms with E-state index in [-0.39, 0.29) is 5.91 Å². The molecule has 1 aromatic carbocycles. The molecule has 0 aliphatic carbocycles. The van der Waals surface area contributed by atoms with Crippen molar-refractivity contribution in [3.8, 4) is 0 Å². The Morgan fingerprint density at radius 3 is 2.96 bits per heavy atom. The molecule has 0 radical (unpaired) electrons. The van der Waals surface area contributed by atoms with Gasteiger partial charge in [-0.2, -0.15) is 4.98 Å². The van der Waals surface area contributed by atoms with Gasteiger partial charge in [0.05, 0.1) is 18.7 Å². The Kier molecular flexibility index (Phi) is 4.18. The molecule has 7 heteroatoms. The van der Waals surface area contributed by atoms with E-state index in [1.54, 1.807) is 12.4 Å². The summed E-state index contributed by atoms with van der Waals surface area (Å²) in [5.74, 6) is 1.27. The lowest BCUT2D eigenvalue weighted by molar-refractivity contribution is -0.115. The van der Waals surface area contributed by atoms with Gasteiger partial charge in [0.25, 0.3) is 0 Å². The first kappa shape index (κ1) is 16.0. The third kappa shape index (κ3) is 3.46. The highest BCUT2D eigenvalue weighted by Gasteiger charge is 2.17. The molecule has 7 nitrogen and oxygen atoms in total. The van der Waals surface area contributed by atoms with E-state index in [0.29, 0.717) is 18.9 Å². The van der Waals surface area contributed by atoms with Crippen LogP contribution in [-0.4, -0.2) is 20.9 Å². The van der Waals surface area contributed by atoms with Gasteiger partial charge in [-0.25, -0.2) is 4.98 Å². The fourth-order valence-electron chi connectivity index (χ4n) is 2.79. The summed E-state index contributed by atoms with van der Waals surface area (Å²) in [4.78, 5) is 24.7. The summed E-state index contributed by atoms with van der Waals surface area (Å²) in [6.45, 7) is 2.54. The number of pyridine rings is 1. The highest BCUT2D eigenvalue weighted by atomic mass is 16.1. The van der Waals surface area contributed by atoms with Crippen LogP contribution in [0.1, 0.15) is 16.8 Å². The van der Waals surface area contributed by atoms with Gasteiger partial charge in [0, 0.05) is 29.3 Å². The summed E-state index contributed by atoms with van der Waals surface area (Å²) in [5.41, 5.74) is 4.58. The van der Waals surface area contributed by atoms with Crippen LogP contribution in [0.4, 0.5) is 23.1 Å². The smallest absolute Gasteiger partial charge is 0.229 e. The number of anilines is 4. The van der Waals surface area contributed by atoms with Crippen LogP contribution in [0.2, 0.25) is 0 Å². The summed E-state index contributed by atoms with van der Waals surface area (Å²) in [7, 11) is 0. The van der Waals surface area contributed by atoms with Crippen molar-refractivity contribution in [3.05, 3.63) is 65.6 Å². The molecule has 1 aliphatic heterocycles. The van der Waals surface area contributed by atoms with Gasteiger partial charge in [-0.05, 0) is 42.8 Å². The summed E-state index contributed by atoms with van der Waals surface area (Å²) >= 11 is 0. The zero-order valence-corrected chi connectivity index (χ0v) is 14.3. The first-order chi connectivity index (χ1) is 12.7. The van der Waals surface area contributed by atoms with Crippen LogP contribution in [-0.2, 0) is 17.8 Å². The Morgan fingerprint density at radius 2 is 2.12 bits per heavy atom. The molecule has 3 heterocycles. The number of carbonyl (C=O) groups excluding carboxylic acids is 1. The molecule has 0 atom stereocenters. The van der Waals surface area contributed by atoms with Gasteiger partial charge >= 0.3 is 0 Å². The maximum atomic E-state index is 11.5. The molecule has 0 saturated carbocycles. The molecule has 130 valence electrons. The Bertz CT molecular complexity index is 957. The standard InChI is InChI=1S/C19H18N6O/c1-12-10-22-19(25-18(12)21-11-15-4-2-3-7-20-15)23-14-5-6-16-13(8-14)9-17(26)24-16/h2-8,10H,9,11H2,1H3,(H,24,26)(H2,21,22,23,25). The van der Waals surface area contributed by atoms with Crippen molar-refractivity contribution in [1.29, 1.82) is 0 Å². The molecular weight excluding hydrogens is 328 g/mol. The fourth-order valence-corrected chi connectivity index (χ4v) is 2.79. The fraction of sp³-hybridized carbons (Fsp3) is 0.158. The maximum Gasteiger partial charge on any atom is 0.229 e. The number of benzene rings is 1. The Labute approximate surface area is 150 Å². The lowest BCUT2D eigenvalue weighted by Crippen LogP contribution is -2.07. The van der Waals surface area contributed by atoms with Gasteiger partial charge in [0.15, 0.2) is 0 Å². The van der Waals surface area contributed by atoms with Crippen molar-refractivity contribution >= 4 is 29.0 Å². The number of carbonyl (C=O) groups is 1. The van der Waals surface area contributed by atoms with Gasteiger partial charge < -0.3 is 16.0 Å². The van der Waals surface area contributed by atoms with E-state index in [9.17, 15) is 4.79 Å². The third-order valence-corrected chi connectivity index (χ3v) is 4.12. The Hall–Kier alpha value is -3.48. The van der Waals surface area contributed by atoms with Gasteiger partial charge in [0.1, 0.15) is 5.82 Å². The lowest BCUT2D eigenvalue weighted by atomic mass is 10.1. The van der Waals surface area contributed by atoms with E-state index in [1.165, 1.54) is 0 Å². The van der Waals surface area contributed by atoms with Crippen LogP contribution >= 0.6 is 0 Å². The Morgan fingerprint density at radius 1 is 1.19 bits per heavy atom. The highest BCUT2D eigenvalue weighted by molar-refractivity contribution is 5.99. The number of fused-ring (bicyclic) bond motifs is 1. The van der Waals surface area contributed by atoms with Crippen LogP contribution in [0, 0.1) is 6.92 Å². The van der Waals surface area contributed by atoms with E-state index in [2.05, 4.69) is 30.9 Å². The first-order valence-corrected chi connectivity index (χ1v) is 8.34. The summed E-state index contributed by atoms with van der Waals surface area (Å²) < 4.78 is 0. The van der Waals surface area contributed by atoms with Gasteiger partial charge in [-0.3, -0.25) is 9.78 Å².